The molecular weight excluding hydrogens is 348 g/mol. The molecule has 5 nitrogen and oxygen atoms in total. The van der Waals surface area contributed by atoms with Gasteiger partial charge in [0.05, 0.1) is 14.2 Å². The van der Waals surface area contributed by atoms with E-state index in [0.29, 0.717) is 12.3 Å². The second-order valence-electron chi connectivity index (χ2n) is 6.41. The molecule has 0 radical (unpaired) electrons. The van der Waals surface area contributed by atoms with Gasteiger partial charge in [-0.25, -0.2) is 0 Å². The summed E-state index contributed by atoms with van der Waals surface area (Å²) in [5, 5.41) is 0. The molecule has 1 amide bonds. The van der Waals surface area contributed by atoms with Crippen molar-refractivity contribution in [2.45, 2.75) is 25.4 Å². The van der Waals surface area contributed by atoms with Gasteiger partial charge in [-0.3, -0.25) is 4.79 Å². The molecule has 3 rings (SSSR count). The Bertz CT molecular complexity index is 746. The molecule has 0 spiro atoms. The first-order valence-corrected chi connectivity index (χ1v) is 10.2. The van der Waals surface area contributed by atoms with Gasteiger partial charge in [0.1, 0.15) is 6.04 Å². The molecule has 0 bridgehead atoms. The SMILES string of the molecule is COc1cc2c(cc1OC)CN(C(=O)[C@@H](CCSC)n1cccc1)CC2. The third kappa shape index (κ3) is 3.85. The van der Waals surface area contributed by atoms with E-state index in [0.717, 1.165) is 36.5 Å². The fourth-order valence-electron chi connectivity index (χ4n) is 3.47. The molecule has 0 unspecified atom stereocenters. The van der Waals surface area contributed by atoms with Gasteiger partial charge in [0, 0.05) is 25.5 Å². The van der Waals surface area contributed by atoms with E-state index >= 15 is 0 Å². The van der Waals surface area contributed by atoms with Crippen LogP contribution in [0.4, 0.5) is 0 Å². The van der Waals surface area contributed by atoms with Gasteiger partial charge >= 0.3 is 0 Å². The molecule has 2 aromatic rings. The summed E-state index contributed by atoms with van der Waals surface area (Å²) in [5.41, 5.74) is 2.37. The van der Waals surface area contributed by atoms with E-state index < -0.39 is 0 Å². The summed E-state index contributed by atoms with van der Waals surface area (Å²) in [6, 6.07) is 7.84. The topological polar surface area (TPSA) is 43.7 Å². The van der Waals surface area contributed by atoms with Gasteiger partial charge in [-0.05, 0) is 60.2 Å². The van der Waals surface area contributed by atoms with Gasteiger partial charge in [-0.15, -0.1) is 0 Å². The minimum Gasteiger partial charge on any atom is -0.493 e. The van der Waals surface area contributed by atoms with Crippen molar-refractivity contribution in [2.24, 2.45) is 0 Å². The number of fused-ring (bicyclic) bond motifs is 1. The molecule has 0 saturated heterocycles. The Hall–Kier alpha value is -2.08. The average molecular weight is 375 g/mol. The molecule has 1 aliphatic heterocycles. The molecule has 26 heavy (non-hydrogen) atoms. The number of nitrogens with zero attached hydrogens (tertiary/aromatic N) is 2. The number of methoxy groups -OCH3 is 2. The van der Waals surface area contributed by atoms with Crippen LogP contribution < -0.4 is 9.47 Å². The number of ether oxygens (including phenoxy) is 2. The Balaban J connectivity index is 1.81. The molecule has 1 atom stereocenters. The number of rotatable bonds is 7. The number of carbonyl (C=O) groups is 1. The first-order chi connectivity index (χ1) is 12.7. The molecule has 1 aromatic heterocycles. The minimum absolute atomic E-state index is 0.140. The summed E-state index contributed by atoms with van der Waals surface area (Å²) >= 11 is 1.77. The maximum absolute atomic E-state index is 13.2. The minimum atomic E-state index is -0.140. The maximum Gasteiger partial charge on any atom is 0.245 e. The van der Waals surface area contributed by atoms with E-state index in [4.69, 9.17) is 9.47 Å². The Labute approximate surface area is 159 Å². The molecule has 0 N–H and O–H groups in total. The highest BCUT2D eigenvalue weighted by molar-refractivity contribution is 7.98. The first-order valence-electron chi connectivity index (χ1n) is 8.82. The number of amides is 1. The quantitative estimate of drug-likeness (QED) is 0.745. The average Bonchev–Trinajstić information content (AvgIpc) is 3.21. The Kier molecular flexibility index (Phi) is 6.14. The van der Waals surface area contributed by atoms with Crippen LogP contribution in [0, 0.1) is 0 Å². The number of thioether (sulfide) groups is 1. The van der Waals surface area contributed by atoms with Crippen molar-refractivity contribution < 1.29 is 14.3 Å². The monoisotopic (exact) mass is 374 g/mol. The first kappa shape index (κ1) is 18.7. The molecule has 1 aromatic carbocycles. The fourth-order valence-corrected chi connectivity index (χ4v) is 3.93. The smallest absolute Gasteiger partial charge is 0.245 e. The summed E-state index contributed by atoms with van der Waals surface area (Å²) in [7, 11) is 3.29. The van der Waals surface area contributed by atoms with Crippen LogP contribution in [0.15, 0.2) is 36.7 Å². The maximum atomic E-state index is 13.2. The van der Waals surface area contributed by atoms with Crippen molar-refractivity contribution in [3.05, 3.63) is 47.8 Å². The lowest BCUT2D eigenvalue weighted by Gasteiger charge is -2.33. The Morgan fingerprint density at radius 3 is 2.42 bits per heavy atom. The highest BCUT2D eigenvalue weighted by atomic mass is 32.2. The van der Waals surface area contributed by atoms with Crippen molar-refractivity contribution in [1.29, 1.82) is 0 Å². The Morgan fingerprint density at radius 2 is 1.81 bits per heavy atom. The van der Waals surface area contributed by atoms with Crippen molar-refractivity contribution >= 4 is 17.7 Å². The zero-order valence-electron chi connectivity index (χ0n) is 15.6. The number of hydrogen-bond donors (Lipinski definition) is 0. The standard InChI is InChI=1S/C20H26N2O3S/c1-24-18-12-15-6-10-22(14-16(15)13-19(18)25-2)20(23)17(7-11-26-3)21-8-4-5-9-21/h4-5,8-9,12-13,17H,6-7,10-11,14H2,1-3H3/t17-/m1/s1. The summed E-state index contributed by atoms with van der Waals surface area (Å²) in [6.45, 7) is 1.35. The van der Waals surface area contributed by atoms with Crippen LogP contribution >= 0.6 is 11.8 Å². The van der Waals surface area contributed by atoms with Gasteiger partial charge in [0.2, 0.25) is 5.91 Å². The molecule has 140 valence electrons. The van der Waals surface area contributed by atoms with Gasteiger partial charge in [0.25, 0.3) is 0 Å². The zero-order chi connectivity index (χ0) is 18.5. The molecule has 6 heteroatoms. The summed E-state index contributed by atoms with van der Waals surface area (Å²) in [5.74, 6) is 2.61. The molecule has 2 heterocycles. The fraction of sp³-hybridized carbons (Fsp3) is 0.450. The van der Waals surface area contributed by atoms with Gasteiger partial charge in [-0.2, -0.15) is 11.8 Å². The second kappa shape index (κ2) is 8.54. The number of hydrogen-bond acceptors (Lipinski definition) is 4. The van der Waals surface area contributed by atoms with Crippen molar-refractivity contribution in [3.63, 3.8) is 0 Å². The third-order valence-corrected chi connectivity index (χ3v) is 5.54. The van der Waals surface area contributed by atoms with E-state index in [9.17, 15) is 4.79 Å². The largest absolute Gasteiger partial charge is 0.493 e. The number of benzene rings is 1. The Morgan fingerprint density at radius 1 is 1.15 bits per heavy atom. The summed E-state index contributed by atoms with van der Waals surface area (Å²) in [6.07, 6.45) is 7.71. The molecule has 0 fully saturated rings. The van der Waals surface area contributed by atoms with E-state index in [-0.39, 0.29) is 11.9 Å². The predicted molar refractivity (Wildman–Crippen MR) is 105 cm³/mol. The van der Waals surface area contributed by atoms with Crippen LogP contribution in [-0.2, 0) is 17.8 Å². The molecule has 0 saturated carbocycles. The highest BCUT2D eigenvalue weighted by Crippen LogP contribution is 2.34. The summed E-state index contributed by atoms with van der Waals surface area (Å²) < 4.78 is 12.8. The third-order valence-electron chi connectivity index (χ3n) is 4.90. The van der Waals surface area contributed by atoms with E-state index in [1.807, 2.05) is 46.1 Å². The second-order valence-corrected chi connectivity index (χ2v) is 7.40. The number of carbonyl (C=O) groups excluding carboxylic acids is 1. The van der Waals surface area contributed by atoms with Crippen LogP contribution in [0.1, 0.15) is 23.6 Å². The van der Waals surface area contributed by atoms with Crippen molar-refractivity contribution in [3.8, 4) is 11.5 Å². The predicted octanol–water partition coefficient (Wildman–Crippen LogP) is 3.38. The molecular formula is C20H26N2O3S. The van der Waals surface area contributed by atoms with Crippen LogP contribution in [-0.4, -0.2) is 48.1 Å². The van der Waals surface area contributed by atoms with Crippen molar-refractivity contribution in [2.75, 3.05) is 32.8 Å². The molecule has 1 aliphatic rings. The van der Waals surface area contributed by atoms with Crippen LogP contribution in [0.3, 0.4) is 0 Å². The lowest BCUT2D eigenvalue weighted by Crippen LogP contribution is -2.40. The summed E-state index contributed by atoms with van der Waals surface area (Å²) in [4.78, 5) is 15.2. The number of aromatic nitrogens is 1. The molecule has 0 aliphatic carbocycles. The normalized spacial score (nSPS) is 14.7. The van der Waals surface area contributed by atoms with Gasteiger partial charge in [0.15, 0.2) is 11.5 Å². The van der Waals surface area contributed by atoms with Crippen LogP contribution in [0.5, 0.6) is 11.5 Å². The van der Waals surface area contributed by atoms with E-state index in [1.165, 1.54) is 5.56 Å². The van der Waals surface area contributed by atoms with Crippen molar-refractivity contribution in [1.82, 2.24) is 9.47 Å². The van der Waals surface area contributed by atoms with Gasteiger partial charge < -0.3 is 18.9 Å². The van der Waals surface area contributed by atoms with Crippen LogP contribution in [0.2, 0.25) is 0 Å². The zero-order valence-corrected chi connectivity index (χ0v) is 16.4. The van der Waals surface area contributed by atoms with E-state index in [1.54, 1.807) is 26.0 Å². The van der Waals surface area contributed by atoms with E-state index in [2.05, 4.69) is 6.26 Å². The highest BCUT2D eigenvalue weighted by Gasteiger charge is 2.28. The van der Waals surface area contributed by atoms with Crippen LogP contribution in [0.25, 0.3) is 0 Å². The van der Waals surface area contributed by atoms with Gasteiger partial charge in [-0.1, -0.05) is 0 Å². The lowest BCUT2D eigenvalue weighted by atomic mass is 9.98. The lowest BCUT2D eigenvalue weighted by molar-refractivity contribution is -0.135.